The van der Waals surface area contributed by atoms with E-state index in [1.807, 2.05) is 27.7 Å². The van der Waals surface area contributed by atoms with Gasteiger partial charge in [0.05, 0.1) is 0 Å². The molecule has 1 atom stereocenters. The zero-order chi connectivity index (χ0) is 15.5. The summed E-state index contributed by atoms with van der Waals surface area (Å²) in [5.41, 5.74) is 3.59. The minimum Gasteiger partial charge on any atom is -0.444 e. The molecule has 1 aliphatic carbocycles. The molecule has 0 radical (unpaired) electrons. The molecule has 4 nitrogen and oxygen atoms in total. The lowest BCUT2D eigenvalue weighted by atomic mass is 10.1. The Bertz CT molecular complexity index is 506. The lowest BCUT2D eigenvalue weighted by Gasteiger charge is -2.21. The van der Waals surface area contributed by atoms with Crippen LogP contribution in [0.15, 0.2) is 18.2 Å². The topological polar surface area (TPSA) is 50.4 Å². The molecule has 0 aromatic heterocycles. The zero-order valence-corrected chi connectivity index (χ0v) is 13.5. The first-order chi connectivity index (χ1) is 9.83. The molecular weight excluding hydrogens is 264 g/mol. The number of nitrogens with one attached hydrogen (secondary N) is 2. The van der Waals surface area contributed by atoms with Crippen LogP contribution in [-0.2, 0) is 17.6 Å². The Labute approximate surface area is 127 Å². The van der Waals surface area contributed by atoms with Crippen LogP contribution in [-0.4, -0.2) is 24.3 Å². The van der Waals surface area contributed by atoms with E-state index in [0.29, 0.717) is 6.54 Å². The van der Waals surface area contributed by atoms with E-state index < -0.39 is 5.60 Å². The SMILES string of the molecule is CC(CNC(=O)OC(C)(C)C)Nc1ccc2c(c1)CCC2. The average Bonchev–Trinajstić information content (AvgIpc) is 2.81. The maximum atomic E-state index is 11.6. The average molecular weight is 290 g/mol. The molecule has 2 rings (SSSR count). The van der Waals surface area contributed by atoms with Crippen LogP contribution in [0.4, 0.5) is 10.5 Å². The fourth-order valence-corrected chi connectivity index (χ4v) is 2.55. The molecule has 1 amide bonds. The summed E-state index contributed by atoms with van der Waals surface area (Å²) >= 11 is 0. The second-order valence-electron chi connectivity index (χ2n) is 6.77. The van der Waals surface area contributed by atoms with Gasteiger partial charge in [-0.2, -0.15) is 0 Å². The number of anilines is 1. The van der Waals surface area contributed by atoms with Crippen LogP contribution < -0.4 is 10.6 Å². The summed E-state index contributed by atoms with van der Waals surface area (Å²) in [5, 5.41) is 6.21. The molecule has 0 spiro atoms. The molecule has 1 unspecified atom stereocenters. The van der Waals surface area contributed by atoms with E-state index in [-0.39, 0.29) is 12.1 Å². The highest BCUT2D eigenvalue weighted by atomic mass is 16.6. The number of hydrogen-bond donors (Lipinski definition) is 2. The molecule has 0 heterocycles. The van der Waals surface area contributed by atoms with Gasteiger partial charge in [0, 0.05) is 18.3 Å². The molecule has 1 aliphatic rings. The molecule has 21 heavy (non-hydrogen) atoms. The van der Waals surface area contributed by atoms with E-state index in [1.165, 1.54) is 30.4 Å². The smallest absolute Gasteiger partial charge is 0.407 e. The van der Waals surface area contributed by atoms with Gasteiger partial charge < -0.3 is 15.4 Å². The molecule has 0 saturated heterocycles. The summed E-state index contributed by atoms with van der Waals surface area (Å²) in [7, 11) is 0. The molecule has 0 bridgehead atoms. The number of ether oxygens (including phenoxy) is 1. The van der Waals surface area contributed by atoms with Gasteiger partial charge in [0.1, 0.15) is 5.60 Å². The molecule has 1 aromatic rings. The Morgan fingerprint density at radius 3 is 2.71 bits per heavy atom. The van der Waals surface area contributed by atoms with Crippen LogP contribution >= 0.6 is 0 Å². The van der Waals surface area contributed by atoms with Crippen molar-refractivity contribution in [2.45, 2.75) is 58.6 Å². The number of alkyl carbamates (subject to hydrolysis) is 1. The minimum atomic E-state index is -0.458. The largest absolute Gasteiger partial charge is 0.444 e. The first kappa shape index (κ1) is 15.7. The van der Waals surface area contributed by atoms with Crippen molar-refractivity contribution in [2.75, 3.05) is 11.9 Å². The molecule has 116 valence electrons. The molecule has 0 saturated carbocycles. The van der Waals surface area contributed by atoms with Gasteiger partial charge in [-0.1, -0.05) is 6.07 Å². The summed E-state index contributed by atoms with van der Waals surface area (Å²) in [6, 6.07) is 6.70. The number of fused-ring (bicyclic) bond motifs is 1. The number of amides is 1. The Kier molecular flexibility index (Phi) is 4.76. The van der Waals surface area contributed by atoms with Crippen LogP contribution in [0.3, 0.4) is 0 Å². The van der Waals surface area contributed by atoms with Crippen LogP contribution in [0.2, 0.25) is 0 Å². The van der Waals surface area contributed by atoms with Crippen LogP contribution in [0.5, 0.6) is 0 Å². The van der Waals surface area contributed by atoms with E-state index in [4.69, 9.17) is 4.74 Å². The first-order valence-corrected chi connectivity index (χ1v) is 7.69. The third kappa shape index (κ3) is 4.96. The van der Waals surface area contributed by atoms with E-state index in [0.717, 1.165) is 5.69 Å². The van der Waals surface area contributed by atoms with E-state index in [2.05, 4.69) is 28.8 Å². The Balaban J connectivity index is 1.79. The molecule has 1 aromatic carbocycles. The van der Waals surface area contributed by atoms with Gasteiger partial charge in [-0.05, 0) is 70.2 Å². The third-order valence-corrected chi connectivity index (χ3v) is 3.46. The monoisotopic (exact) mass is 290 g/mol. The molecule has 0 aliphatic heterocycles. The second-order valence-corrected chi connectivity index (χ2v) is 6.77. The maximum absolute atomic E-state index is 11.6. The van der Waals surface area contributed by atoms with Crippen LogP contribution in [0.25, 0.3) is 0 Å². The lowest BCUT2D eigenvalue weighted by molar-refractivity contribution is 0.0526. The summed E-state index contributed by atoms with van der Waals surface area (Å²) in [6.07, 6.45) is 3.26. The van der Waals surface area contributed by atoms with Gasteiger partial charge in [-0.25, -0.2) is 4.79 Å². The third-order valence-electron chi connectivity index (χ3n) is 3.46. The number of rotatable bonds is 4. The van der Waals surface area contributed by atoms with Crippen molar-refractivity contribution in [3.8, 4) is 0 Å². The quantitative estimate of drug-likeness (QED) is 0.892. The van der Waals surface area contributed by atoms with Crippen molar-refractivity contribution in [2.24, 2.45) is 0 Å². The Morgan fingerprint density at radius 2 is 2.00 bits per heavy atom. The number of hydrogen-bond acceptors (Lipinski definition) is 3. The highest BCUT2D eigenvalue weighted by Crippen LogP contribution is 2.25. The number of carbonyl (C=O) groups is 1. The van der Waals surface area contributed by atoms with E-state index in [9.17, 15) is 4.79 Å². The number of benzene rings is 1. The van der Waals surface area contributed by atoms with Gasteiger partial charge in [0.15, 0.2) is 0 Å². The first-order valence-electron chi connectivity index (χ1n) is 7.69. The van der Waals surface area contributed by atoms with Gasteiger partial charge >= 0.3 is 6.09 Å². The zero-order valence-electron chi connectivity index (χ0n) is 13.5. The highest BCUT2D eigenvalue weighted by Gasteiger charge is 2.16. The van der Waals surface area contributed by atoms with Crippen LogP contribution in [0.1, 0.15) is 45.2 Å². The van der Waals surface area contributed by atoms with Crippen LogP contribution in [0, 0.1) is 0 Å². The predicted molar refractivity (Wildman–Crippen MR) is 85.8 cm³/mol. The van der Waals surface area contributed by atoms with Crippen molar-refractivity contribution in [1.82, 2.24) is 5.32 Å². The minimum absolute atomic E-state index is 0.150. The van der Waals surface area contributed by atoms with E-state index >= 15 is 0 Å². The summed E-state index contributed by atoms with van der Waals surface area (Å²) in [4.78, 5) is 11.6. The highest BCUT2D eigenvalue weighted by molar-refractivity contribution is 5.67. The number of carbonyl (C=O) groups excluding carboxylic acids is 1. The van der Waals surface area contributed by atoms with Crippen molar-refractivity contribution >= 4 is 11.8 Å². The molecular formula is C17H26N2O2. The van der Waals surface area contributed by atoms with Gasteiger partial charge in [0.25, 0.3) is 0 Å². The summed E-state index contributed by atoms with van der Waals surface area (Å²) < 4.78 is 5.22. The number of aryl methyl sites for hydroxylation is 2. The van der Waals surface area contributed by atoms with Crippen molar-refractivity contribution in [1.29, 1.82) is 0 Å². The van der Waals surface area contributed by atoms with Gasteiger partial charge in [-0.3, -0.25) is 0 Å². The van der Waals surface area contributed by atoms with E-state index in [1.54, 1.807) is 0 Å². The predicted octanol–water partition coefficient (Wildman–Crippen LogP) is 3.50. The molecule has 4 heteroatoms. The maximum Gasteiger partial charge on any atom is 0.407 e. The summed E-state index contributed by atoms with van der Waals surface area (Å²) in [6.45, 7) is 8.16. The fourth-order valence-electron chi connectivity index (χ4n) is 2.55. The Hall–Kier alpha value is -1.71. The second kappa shape index (κ2) is 6.37. The Morgan fingerprint density at radius 1 is 1.29 bits per heavy atom. The van der Waals surface area contributed by atoms with Gasteiger partial charge in [0.2, 0.25) is 0 Å². The molecule has 2 N–H and O–H groups in total. The normalized spacial score (nSPS) is 15.2. The van der Waals surface area contributed by atoms with Gasteiger partial charge in [-0.15, -0.1) is 0 Å². The fraction of sp³-hybridized carbons (Fsp3) is 0.588. The standard InChI is InChI=1S/C17H26N2O2/c1-12(11-18-16(20)21-17(2,3)4)19-15-9-8-13-6-5-7-14(13)10-15/h8-10,12,19H,5-7,11H2,1-4H3,(H,18,20). The lowest BCUT2D eigenvalue weighted by Crippen LogP contribution is -2.38. The van der Waals surface area contributed by atoms with Crippen molar-refractivity contribution in [3.05, 3.63) is 29.3 Å². The van der Waals surface area contributed by atoms with Crippen molar-refractivity contribution in [3.63, 3.8) is 0 Å². The molecule has 0 fully saturated rings. The van der Waals surface area contributed by atoms with Crippen molar-refractivity contribution < 1.29 is 9.53 Å². The summed E-state index contributed by atoms with van der Waals surface area (Å²) in [5.74, 6) is 0.